The van der Waals surface area contributed by atoms with E-state index in [0.29, 0.717) is 49.7 Å². The van der Waals surface area contributed by atoms with Crippen molar-refractivity contribution in [2.24, 2.45) is 11.8 Å². The van der Waals surface area contributed by atoms with E-state index in [-0.39, 0.29) is 23.9 Å². The van der Waals surface area contributed by atoms with Crippen LogP contribution in [-0.4, -0.2) is 56.2 Å². The molecule has 0 spiro atoms. The average molecular weight is 736 g/mol. The second-order valence-corrected chi connectivity index (χ2v) is 14.3. The first-order chi connectivity index (χ1) is 24.2. The summed E-state index contributed by atoms with van der Waals surface area (Å²) in [6.45, 7) is 5.77. The molecule has 6 nitrogen and oxygen atoms in total. The first-order valence-electron chi connectivity index (χ1n) is 18.2. The molecule has 0 saturated carbocycles. The second kappa shape index (κ2) is 19.5. The van der Waals surface area contributed by atoms with Gasteiger partial charge in [-0.25, -0.2) is 22.4 Å². The molecule has 51 heavy (non-hydrogen) atoms. The van der Waals surface area contributed by atoms with Crippen LogP contribution in [0.3, 0.4) is 0 Å². The van der Waals surface area contributed by atoms with E-state index in [9.17, 15) is 37.4 Å². The maximum absolute atomic E-state index is 14.5. The Hall–Kier alpha value is -3.31. The standard InChI is InChI=1S/C40H53F4NO5S/c1-4-5-6-10-19-26-38(43,44)27-20-11-8-7-9-18-25-32(39(49,36(47)48)28-33(41)42)35(46)45-34(29(2)3)40(50-37(45)51,30-21-14-12-15-22-30)31-23-16-13-17-24-31/h12-18,21-25,29,32-34,49H,4-11,19-20,26-28H2,1-3H3,(H,47,48)/t32-,34?,39+/m1/s1. The molecule has 1 fully saturated rings. The molecule has 2 aromatic carbocycles. The molecule has 0 radical (unpaired) electrons. The molecule has 2 N–H and O–H groups in total. The maximum atomic E-state index is 14.5. The third-order valence-electron chi connectivity index (χ3n) is 9.67. The Morgan fingerprint density at radius 3 is 1.88 bits per heavy atom. The van der Waals surface area contributed by atoms with Gasteiger partial charge in [0.1, 0.15) is 0 Å². The monoisotopic (exact) mass is 735 g/mol. The van der Waals surface area contributed by atoms with Gasteiger partial charge >= 0.3 is 5.97 Å². The third kappa shape index (κ3) is 10.9. The molecule has 3 atom stereocenters. The highest BCUT2D eigenvalue weighted by Crippen LogP contribution is 2.48. The van der Waals surface area contributed by atoms with Gasteiger partial charge in [0.2, 0.25) is 18.3 Å². The number of carboxylic acid groups (broad SMARTS) is 1. The molecule has 3 rings (SSSR count). The van der Waals surface area contributed by atoms with Gasteiger partial charge in [0.15, 0.2) is 11.2 Å². The van der Waals surface area contributed by atoms with Crippen LogP contribution < -0.4 is 0 Å². The number of hydrogen-bond donors (Lipinski definition) is 2. The largest absolute Gasteiger partial charge is 0.479 e. The number of allylic oxidation sites excluding steroid dienone is 1. The molecule has 1 heterocycles. The van der Waals surface area contributed by atoms with Gasteiger partial charge in [-0.05, 0) is 43.8 Å². The highest BCUT2D eigenvalue weighted by atomic mass is 32.1. The van der Waals surface area contributed by atoms with Gasteiger partial charge in [-0.1, -0.05) is 132 Å². The second-order valence-electron chi connectivity index (χ2n) is 13.9. The maximum Gasteiger partial charge on any atom is 0.337 e. The Labute approximate surface area is 305 Å². The van der Waals surface area contributed by atoms with Crippen molar-refractivity contribution >= 4 is 29.3 Å². The van der Waals surface area contributed by atoms with Gasteiger partial charge in [-0.3, -0.25) is 9.69 Å². The van der Waals surface area contributed by atoms with Crippen LogP contribution in [0.5, 0.6) is 0 Å². The number of aliphatic hydroxyl groups is 1. The fraction of sp³-hybridized carbons (Fsp3) is 0.575. The summed E-state index contributed by atoms with van der Waals surface area (Å²) in [6, 6.07) is 17.4. The average Bonchev–Trinajstić information content (AvgIpc) is 3.41. The first-order valence-corrected chi connectivity index (χ1v) is 18.6. The lowest BCUT2D eigenvalue weighted by Gasteiger charge is -2.39. The van der Waals surface area contributed by atoms with E-state index < -0.39 is 53.8 Å². The van der Waals surface area contributed by atoms with Gasteiger partial charge in [0.25, 0.3) is 5.17 Å². The fourth-order valence-corrected chi connectivity index (χ4v) is 7.39. The number of carbonyl (C=O) groups is 2. The van der Waals surface area contributed by atoms with Crippen LogP contribution in [0.2, 0.25) is 0 Å². The third-order valence-corrected chi connectivity index (χ3v) is 9.95. The first kappa shape index (κ1) is 42.1. The molecule has 1 aliphatic rings. The predicted octanol–water partition coefficient (Wildman–Crippen LogP) is 10.1. The molecule has 0 aliphatic carbocycles. The Balaban J connectivity index is 1.83. The fourth-order valence-electron chi connectivity index (χ4n) is 7.06. The molecular formula is C40H53F4NO5S. The van der Waals surface area contributed by atoms with Gasteiger partial charge in [-0.15, -0.1) is 0 Å². The zero-order valence-electron chi connectivity index (χ0n) is 29.9. The Morgan fingerprint density at radius 1 is 0.902 bits per heavy atom. The lowest BCUT2D eigenvalue weighted by Crippen LogP contribution is -2.57. The molecule has 1 aliphatic heterocycles. The van der Waals surface area contributed by atoms with Crippen LogP contribution in [0, 0.1) is 11.8 Å². The normalized spacial score (nSPS) is 18.0. The van der Waals surface area contributed by atoms with Gasteiger partial charge in [0, 0.05) is 30.4 Å². The molecule has 1 saturated heterocycles. The summed E-state index contributed by atoms with van der Waals surface area (Å²) < 4.78 is 62.7. The number of halogens is 4. The summed E-state index contributed by atoms with van der Waals surface area (Å²) >= 11 is 5.65. The van der Waals surface area contributed by atoms with Crippen molar-refractivity contribution in [3.8, 4) is 0 Å². The Kier molecular flexibility index (Phi) is 16.1. The van der Waals surface area contributed by atoms with Crippen LogP contribution in [0.1, 0.15) is 115 Å². The Morgan fingerprint density at radius 2 is 1.41 bits per heavy atom. The number of rotatable bonds is 22. The minimum atomic E-state index is -3.24. The van der Waals surface area contributed by atoms with Crippen molar-refractivity contribution in [1.82, 2.24) is 4.90 Å². The van der Waals surface area contributed by atoms with E-state index in [1.807, 2.05) is 74.5 Å². The molecule has 282 valence electrons. The number of carbonyl (C=O) groups excluding carboxylic acids is 1. The summed E-state index contributed by atoms with van der Waals surface area (Å²) in [5.74, 6) is -7.93. The molecule has 1 amide bonds. The zero-order valence-corrected chi connectivity index (χ0v) is 30.7. The van der Waals surface area contributed by atoms with Crippen LogP contribution in [0.15, 0.2) is 72.8 Å². The van der Waals surface area contributed by atoms with Crippen molar-refractivity contribution in [2.45, 2.75) is 134 Å². The topological polar surface area (TPSA) is 87.1 Å². The minimum absolute atomic E-state index is 0.110. The van der Waals surface area contributed by atoms with E-state index in [1.54, 1.807) is 0 Å². The molecule has 0 bridgehead atoms. The molecular weight excluding hydrogens is 683 g/mol. The van der Waals surface area contributed by atoms with Crippen molar-refractivity contribution < 1.29 is 42.1 Å². The molecule has 11 heteroatoms. The van der Waals surface area contributed by atoms with E-state index in [0.717, 1.165) is 36.7 Å². The molecule has 1 unspecified atom stereocenters. The number of amides is 1. The number of nitrogens with zero attached hydrogens (tertiary/aromatic N) is 1. The number of unbranched alkanes of at least 4 members (excludes halogenated alkanes) is 8. The summed E-state index contributed by atoms with van der Waals surface area (Å²) in [5.41, 5.74) is -3.14. The quantitative estimate of drug-likeness (QED) is 0.0542. The van der Waals surface area contributed by atoms with Crippen LogP contribution >= 0.6 is 12.2 Å². The number of alkyl halides is 4. The van der Waals surface area contributed by atoms with Crippen LogP contribution in [0.4, 0.5) is 17.6 Å². The number of thiocarbonyl (C=S) groups is 1. The number of ether oxygens (including phenoxy) is 1. The summed E-state index contributed by atoms with van der Waals surface area (Å²) in [4.78, 5) is 28.2. The van der Waals surface area contributed by atoms with Gasteiger partial charge < -0.3 is 14.9 Å². The number of benzene rings is 2. The van der Waals surface area contributed by atoms with Crippen LogP contribution in [-0.2, 0) is 19.9 Å². The number of aliphatic carboxylic acids is 1. The summed E-state index contributed by atoms with van der Waals surface area (Å²) in [5, 5.41) is 21.2. The lowest BCUT2D eigenvalue weighted by atomic mass is 9.75. The Bertz CT molecular complexity index is 1380. The summed E-state index contributed by atoms with van der Waals surface area (Å²) in [6.07, 6.45) is 4.39. The van der Waals surface area contributed by atoms with Crippen molar-refractivity contribution in [2.75, 3.05) is 0 Å². The summed E-state index contributed by atoms with van der Waals surface area (Å²) in [7, 11) is 0. The van der Waals surface area contributed by atoms with Crippen molar-refractivity contribution in [3.63, 3.8) is 0 Å². The minimum Gasteiger partial charge on any atom is -0.479 e. The zero-order chi connectivity index (χ0) is 37.7. The highest BCUT2D eigenvalue weighted by molar-refractivity contribution is 7.80. The predicted molar refractivity (Wildman–Crippen MR) is 195 cm³/mol. The number of carboxylic acids is 1. The lowest BCUT2D eigenvalue weighted by molar-refractivity contribution is -0.173. The SMILES string of the molecule is CCCCCCCC(F)(F)CCCCCCC=C[C@H](C(=O)N1C(=S)OC(c2ccccc2)(c2ccccc2)C1C(C)C)[C@@](O)(CC(F)F)C(=O)O. The van der Waals surface area contributed by atoms with Crippen LogP contribution in [0.25, 0.3) is 0 Å². The molecule has 0 aromatic heterocycles. The van der Waals surface area contributed by atoms with Crippen molar-refractivity contribution in [3.05, 3.63) is 83.9 Å². The van der Waals surface area contributed by atoms with Crippen molar-refractivity contribution in [1.29, 1.82) is 0 Å². The van der Waals surface area contributed by atoms with E-state index >= 15 is 0 Å². The van der Waals surface area contributed by atoms with E-state index in [2.05, 4.69) is 6.92 Å². The van der Waals surface area contributed by atoms with Gasteiger partial charge in [-0.2, -0.15) is 0 Å². The smallest absolute Gasteiger partial charge is 0.337 e. The highest BCUT2D eigenvalue weighted by Gasteiger charge is 2.60. The van der Waals surface area contributed by atoms with E-state index in [4.69, 9.17) is 17.0 Å². The van der Waals surface area contributed by atoms with E-state index in [1.165, 1.54) is 6.08 Å². The molecule has 2 aromatic rings. The number of hydrogen-bond acceptors (Lipinski definition) is 5. The van der Waals surface area contributed by atoms with Gasteiger partial charge in [0.05, 0.1) is 12.0 Å².